The van der Waals surface area contributed by atoms with E-state index in [2.05, 4.69) is 32.6 Å². The Kier molecular flexibility index (Phi) is 6.79. The van der Waals surface area contributed by atoms with E-state index < -0.39 is 0 Å². The van der Waals surface area contributed by atoms with Gasteiger partial charge in [-0.25, -0.2) is 0 Å². The highest BCUT2D eigenvalue weighted by Gasteiger charge is 2.30. The Morgan fingerprint density at radius 3 is 2.46 bits per heavy atom. The van der Waals surface area contributed by atoms with Crippen molar-refractivity contribution < 1.29 is 14.3 Å². The molecule has 1 amide bonds. The number of nitrogens with one attached hydrogen (secondary N) is 1. The fourth-order valence-electron chi connectivity index (χ4n) is 5.58. The van der Waals surface area contributed by atoms with Crippen molar-refractivity contribution in [3.63, 3.8) is 0 Å². The number of methoxy groups -OCH3 is 1. The molecule has 6 rings (SSSR count). The third-order valence-electron chi connectivity index (χ3n) is 7.30. The van der Waals surface area contributed by atoms with Crippen LogP contribution >= 0.6 is 11.6 Å². The molecule has 2 aromatic heterocycles. The van der Waals surface area contributed by atoms with Gasteiger partial charge in [-0.3, -0.25) is 9.20 Å². The highest BCUT2D eigenvalue weighted by atomic mass is 35.5. The first-order chi connectivity index (χ1) is 19.1. The number of benzene rings is 3. The first-order valence-corrected chi connectivity index (χ1v) is 13.7. The van der Waals surface area contributed by atoms with Crippen molar-refractivity contribution in [3.8, 4) is 33.9 Å². The fraction of sp³-hybridized carbons (Fsp3) is 0.219. The number of carbonyl (C=O) groups is 1. The molecule has 1 N–H and O–H groups in total. The molecule has 7 heteroatoms. The van der Waals surface area contributed by atoms with Gasteiger partial charge in [-0.15, -0.1) is 0 Å². The maximum atomic E-state index is 14.1. The summed E-state index contributed by atoms with van der Waals surface area (Å²) >= 11 is 6.24. The predicted molar refractivity (Wildman–Crippen MR) is 156 cm³/mol. The number of hydrogen-bond acceptors (Lipinski definition) is 3. The maximum Gasteiger partial charge on any atom is 0.273 e. The van der Waals surface area contributed by atoms with Crippen molar-refractivity contribution in [3.05, 3.63) is 95.3 Å². The number of nitrogens with zero attached hydrogens (tertiary/aromatic N) is 2. The Balaban J connectivity index is 1.57. The minimum absolute atomic E-state index is 0.193. The molecule has 0 saturated heterocycles. The van der Waals surface area contributed by atoms with Gasteiger partial charge in [-0.05, 0) is 85.8 Å². The molecule has 198 valence electrons. The molecular weight excluding hydrogens is 510 g/mol. The number of rotatable bonds is 7. The van der Waals surface area contributed by atoms with Crippen LogP contribution in [0.15, 0.2) is 79.0 Å². The normalized spacial score (nSPS) is 12.8. The predicted octanol–water partition coefficient (Wildman–Crippen LogP) is 7.72. The van der Waals surface area contributed by atoms with Crippen molar-refractivity contribution in [1.82, 2.24) is 8.97 Å². The zero-order valence-electron chi connectivity index (χ0n) is 22.0. The van der Waals surface area contributed by atoms with Crippen LogP contribution in [0.1, 0.15) is 35.8 Å². The summed E-state index contributed by atoms with van der Waals surface area (Å²) in [5, 5.41) is 3.78. The van der Waals surface area contributed by atoms with Gasteiger partial charge in [-0.1, -0.05) is 35.9 Å². The van der Waals surface area contributed by atoms with Crippen molar-refractivity contribution in [2.45, 2.75) is 32.7 Å². The SMILES string of the molecule is CCOc1ccc(-c2cn3c(C(=O)Nc4ccccc4OC)c(-c4ccc(Cl)cc4)c4c3n2CCCC4)cc1. The summed E-state index contributed by atoms with van der Waals surface area (Å²) < 4.78 is 15.6. The van der Waals surface area contributed by atoms with E-state index in [-0.39, 0.29) is 5.91 Å². The Labute approximate surface area is 232 Å². The molecule has 0 radical (unpaired) electrons. The quantitative estimate of drug-likeness (QED) is 0.230. The minimum atomic E-state index is -0.193. The van der Waals surface area contributed by atoms with E-state index in [0.717, 1.165) is 59.6 Å². The number of aromatic nitrogens is 2. The lowest BCUT2D eigenvalue weighted by Gasteiger charge is -2.12. The lowest BCUT2D eigenvalue weighted by molar-refractivity contribution is 0.102. The first kappa shape index (κ1) is 25.1. The van der Waals surface area contributed by atoms with Crippen LogP contribution in [-0.4, -0.2) is 28.6 Å². The van der Waals surface area contributed by atoms with E-state index in [1.165, 1.54) is 5.56 Å². The number of hydrogen-bond donors (Lipinski definition) is 1. The highest BCUT2D eigenvalue weighted by molar-refractivity contribution is 6.30. The molecule has 3 heterocycles. The molecule has 3 aromatic carbocycles. The van der Waals surface area contributed by atoms with E-state index in [1.807, 2.05) is 67.6 Å². The van der Waals surface area contributed by atoms with Gasteiger partial charge < -0.3 is 19.4 Å². The number of amides is 1. The van der Waals surface area contributed by atoms with E-state index in [4.69, 9.17) is 21.1 Å². The van der Waals surface area contributed by atoms with Gasteiger partial charge in [-0.2, -0.15) is 0 Å². The summed E-state index contributed by atoms with van der Waals surface area (Å²) in [6.45, 7) is 3.49. The molecule has 0 bridgehead atoms. The lowest BCUT2D eigenvalue weighted by Crippen LogP contribution is -2.16. The van der Waals surface area contributed by atoms with Crippen LogP contribution in [0.5, 0.6) is 11.5 Å². The zero-order valence-corrected chi connectivity index (χ0v) is 22.8. The second kappa shape index (κ2) is 10.5. The minimum Gasteiger partial charge on any atom is -0.495 e. The van der Waals surface area contributed by atoms with E-state index in [1.54, 1.807) is 7.11 Å². The molecule has 6 nitrogen and oxygen atoms in total. The van der Waals surface area contributed by atoms with Crippen LogP contribution in [0, 0.1) is 0 Å². The molecule has 0 spiro atoms. The number of aryl methyl sites for hydroxylation is 2. The molecule has 0 atom stereocenters. The average molecular weight is 540 g/mol. The number of para-hydroxylation sites is 2. The van der Waals surface area contributed by atoms with Gasteiger partial charge in [0.15, 0.2) is 0 Å². The van der Waals surface area contributed by atoms with Gasteiger partial charge >= 0.3 is 0 Å². The molecule has 0 saturated carbocycles. The van der Waals surface area contributed by atoms with Gasteiger partial charge in [0, 0.05) is 28.9 Å². The second-order valence-corrected chi connectivity index (χ2v) is 10.1. The molecule has 0 unspecified atom stereocenters. The van der Waals surface area contributed by atoms with E-state index in [9.17, 15) is 4.79 Å². The van der Waals surface area contributed by atoms with Crippen LogP contribution < -0.4 is 14.8 Å². The summed E-state index contributed by atoms with van der Waals surface area (Å²) in [6.07, 6.45) is 5.08. The van der Waals surface area contributed by atoms with Gasteiger partial charge in [0.1, 0.15) is 22.8 Å². The maximum absolute atomic E-state index is 14.1. The van der Waals surface area contributed by atoms with E-state index >= 15 is 0 Å². The number of imidazole rings is 1. The van der Waals surface area contributed by atoms with Crippen molar-refractivity contribution in [2.75, 3.05) is 19.0 Å². The third-order valence-corrected chi connectivity index (χ3v) is 7.55. The Morgan fingerprint density at radius 1 is 0.974 bits per heavy atom. The van der Waals surface area contributed by atoms with Crippen molar-refractivity contribution in [2.24, 2.45) is 0 Å². The van der Waals surface area contributed by atoms with Crippen LogP contribution in [0.25, 0.3) is 28.0 Å². The third kappa shape index (κ3) is 4.55. The molecule has 1 aliphatic rings. The zero-order chi connectivity index (χ0) is 26.9. The number of carbonyl (C=O) groups excluding carboxylic acids is 1. The lowest BCUT2D eigenvalue weighted by atomic mass is 9.97. The van der Waals surface area contributed by atoms with Crippen LogP contribution in [0.3, 0.4) is 0 Å². The number of anilines is 1. The standard InChI is InChI=1S/C32H30ClN3O3/c1-3-39-24-17-13-21(14-18-24)27-20-36-30(31(37)34-26-9-4-5-10-28(26)38-2)29(22-11-15-23(33)16-12-22)25-8-6-7-19-35(27)32(25)36/h4-5,9-18,20H,3,6-8,19H2,1-2H3,(H,34,37). The van der Waals surface area contributed by atoms with Crippen molar-refractivity contribution in [1.29, 1.82) is 0 Å². The van der Waals surface area contributed by atoms with Crippen LogP contribution in [-0.2, 0) is 13.0 Å². The summed E-state index contributed by atoms with van der Waals surface area (Å²) in [6, 6.07) is 23.4. The topological polar surface area (TPSA) is 56.9 Å². The molecule has 0 fully saturated rings. The largest absolute Gasteiger partial charge is 0.495 e. The highest BCUT2D eigenvalue weighted by Crippen LogP contribution is 2.40. The summed E-state index contributed by atoms with van der Waals surface area (Å²) in [4.78, 5) is 14.1. The second-order valence-electron chi connectivity index (χ2n) is 9.64. The van der Waals surface area contributed by atoms with Gasteiger partial charge in [0.25, 0.3) is 5.91 Å². The molecule has 0 aliphatic carbocycles. The Morgan fingerprint density at radius 2 is 1.72 bits per heavy atom. The number of halogens is 1. The van der Waals surface area contributed by atoms with Crippen molar-refractivity contribution >= 4 is 28.8 Å². The molecule has 39 heavy (non-hydrogen) atoms. The summed E-state index contributed by atoms with van der Waals surface area (Å²) in [5.74, 6) is 1.26. The van der Waals surface area contributed by atoms with Crippen LogP contribution in [0.4, 0.5) is 5.69 Å². The van der Waals surface area contributed by atoms with E-state index in [0.29, 0.717) is 28.8 Å². The van der Waals surface area contributed by atoms with Gasteiger partial charge in [0.2, 0.25) is 0 Å². The first-order valence-electron chi connectivity index (χ1n) is 13.3. The number of ether oxygens (including phenoxy) is 2. The average Bonchev–Trinajstić information content (AvgIpc) is 3.37. The summed E-state index contributed by atoms with van der Waals surface area (Å²) in [7, 11) is 1.60. The summed E-state index contributed by atoms with van der Waals surface area (Å²) in [5.41, 5.74) is 7.54. The molecule has 1 aliphatic heterocycles. The molecule has 5 aromatic rings. The molecular formula is C32H30ClN3O3. The smallest absolute Gasteiger partial charge is 0.273 e. The van der Waals surface area contributed by atoms with Gasteiger partial charge in [0.05, 0.1) is 25.1 Å². The Bertz CT molecular complexity index is 1650. The Hall–Kier alpha value is -4.16. The van der Waals surface area contributed by atoms with Crippen LogP contribution in [0.2, 0.25) is 5.02 Å². The monoisotopic (exact) mass is 539 g/mol. The fourth-order valence-corrected chi connectivity index (χ4v) is 5.71.